The Bertz CT molecular complexity index is 569. The summed E-state index contributed by atoms with van der Waals surface area (Å²) in [5, 5.41) is 7.29. The summed E-state index contributed by atoms with van der Waals surface area (Å²) in [6, 6.07) is 5.31. The van der Waals surface area contributed by atoms with E-state index in [0.29, 0.717) is 6.04 Å². The molecule has 0 spiro atoms. The van der Waals surface area contributed by atoms with Gasteiger partial charge in [0, 0.05) is 51.6 Å². The van der Waals surface area contributed by atoms with Crippen molar-refractivity contribution in [3.05, 3.63) is 28.8 Å². The van der Waals surface area contributed by atoms with Crippen molar-refractivity contribution in [1.29, 1.82) is 0 Å². The highest BCUT2D eigenvalue weighted by Crippen LogP contribution is 2.28. The molecule has 0 aliphatic carbocycles. The number of likely N-dealkylation sites (N-methyl/N-ethyl adjacent to an activating group) is 1. The Morgan fingerprint density at radius 1 is 1.24 bits per heavy atom. The first-order chi connectivity index (χ1) is 11.8. The Morgan fingerprint density at radius 3 is 2.84 bits per heavy atom. The lowest BCUT2D eigenvalue weighted by molar-refractivity contribution is 0.148. The molecule has 25 heavy (non-hydrogen) atoms. The molecule has 1 atom stereocenters. The van der Waals surface area contributed by atoms with E-state index in [0.717, 1.165) is 45.7 Å². The Morgan fingerprint density at radius 2 is 2.08 bits per heavy atom. The van der Waals surface area contributed by atoms with Crippen LogP contribution in [0.5, 0.6) is 0 Å². The van der Waals surface area contributed by atoms with E-state index in [1.165, 1.54) is 48.6 Å². The molecule has 2 N–H and O–H groups in total. The van der Waals surface area contributed by atoms with E-state index in [1.54, 1.807) is 0 Å². The van der Waals surface area contributed by atoms with Crippen molar-refractivity contribution >= 4 is 18.1 Å². The van der Waals surface area contributed by atoms with Gasteiger partial charge in [0.05, 0.1) is 12.6 Å². The van der Waals surface area contributed by atoms with Gasteiger partial charge < -0.3 is 20.3 Å². The number of nitrogens with one attached hydrogen (secondary N) is 2. The normalized spacial score (nSPS) is 24.6. The minimum absolute atomic E-state index is 0. The first kappa shape index (κ1) is 18.9. The zero-order chi connectivity index (χ0) is 16.4. The van der Waals surface area contributed by atoms with Gasteiger partial charge in [0.15, 0.2) is 0 Å². The molecule has 0 amide bonds. The SMILES string of the molecule is CN1CCN(Cc2cc3c(c(NC4CCOC4)c2)CNCC3)CC1.Cl. The number of halogens is 1. The van der Waals surface area contributed by atoms with E-state index in [4.69, 9.17) is 4.74 Å². The third kappa shape index (κ3) is 4.66. The van der Waals surface area contributed by atoms with Gasteiger partial charge in [-0.25, -0.2) is 0 Å². The molecule has 1 unspecified atom stereocenters. The largest absolute Gasteiger partial charge is 0.380 e. The van der Waals surface area contributed by atoms with Crippen LogP contribution < -0.4 is 10.6 Å². The molecule has 2 saturated heterocycles. The summed E-state index contributed by atoms with van der Waals surface area (Å²) in [6.45, 7) is 9.59. The molecule has 0 bridgehead atoms. The zero-order valence-corrected chi connectivity index (χ0v) is 16.0. The number of hydrogen-bond donors (Lipinski definition) is 2. The molecule has 0 aromatic heterocycles. The van der Waals surface area contributed by atoms with E-state index in [9.17, 15) is 0 Å². The number of ether oxygens (including phenoxy) is 1. The summed E-state index contributed by atoms with van der Waals surface area (Å²) in [7, 11) is 2.22. The molecule has 140 valence electrons. The topological polar surface area (TPSA) is 39.8 Å². The highest BCUT2D eigenvalue weighted by atomic mass is 35.5. The van der Waals surface area contributed by atoms with Gasteiger partial charge in [-0.3, -0.25) is 4.90 Å². The van der Waals surface area contributed by atoms with E-state index in [1.807, 2.05) is 0 Å². The van der Waals surface area contributed by atoms with Crippen molar-refractivity contribution in [2.24, 2.45) is 0 Å². The second kappa shape index (κ2) is 8.69. The number of piperazine rings is 1. The Balaban J connectivity index is 0.00000182. The number of benzene rings is 1. The van der Waals surface area contributed by atoms with Crippen LogP contribution in [-0.4, -0.2) is 68.8 Å². The lowest BCUT2D eigenvalue weighted by Crippen LogP contribution is -2.43. The van der Waals surface area contributed by atoms with Crippen molar-refractivity contribution in [1.82, 2.24) is 15.1 Å². The van der Waals surface area contributed by atoms with Gasteiger partial charge in [-0.1, -0.05) is 6.07 Å². The van der Waals surface area contributed by atoms with E-state index in [-0.39, 0.29) is 12.4 Å². The summed E-state index contributed by atoms with van der Waals surface area (Å²) in [5.74, 6) is 0. The van der Waals surface area contributed by atoms with Crippen LogP contribution in [0.3, 0.4) is 0 Å². The van der Waals surface area contributed by atoms with Crippen molar-refractivity contribution in [2.75, 3.05) is 58.3 Å². The quantitative estimate of drug-likeness (QED) is 0.848. The lowest BCUT2D eigenvalue weighted by atomic mass is 9.95. The van der Waals surface area contributed by atoms with Gasteiger partial charge >= 0.3 is 0 Å². The molecule has 5 nitrogen and oxygen atoms in total. The van der Waals surface area contributed by atoms with Crippen LogP contribution in [0, 0.1) is 0 Å². The molecular formula is C19H31ClN4O. The molecule has 1 aromatic rings. The van der Waals surface area contributed by atoms with Gasteiger partial charge in [0.2, 0.25) is 0 Å². The Kier molecular flexibility index (Phi) is 6.58. The van der Waals surface area contributed by atoms with Crippen LogP contribution >= 0.6 is 12.4 Å². The molecule has 0 saturated carbocycles. The van der Waals surface area contributed by atoms with Crippen LogP contribution in [-0.2, 0) is 24.2 Å². The fourth-order valence-corrected chi connectivity index (χ4v) is 4.02. The number of hydrogen-bond acceptors (Lipinski definition) is 5. The molecule has 1 aromatic carbocycles. The number of fused-ring (bicyclic) bond motifs is 1. The van der Waals surface area contributed by atoms with Crippen LogP contribution in [0.4, 0.5) is 5.69 Å². The Labute approximate surface area is 157 Å². The molecule has 3 heterocycles. The second-order valence-corrected chi connectivity index (χ2v) is 7.49. The zero-order valence-electron chi connectivity index (χ0n) is 15.2. The van der Waals surface area contributed by atoms with Crippen LogP contribution in [0.25, 0.3) is 0 Å². The highest BCUT2D eigenvalue weighted by Gasteiger charge is 2.21. The van der Waals surface area contributed by atoms with Gasteiger partial charge in [-0.2, -0.15) is 0 Å². The van der Waals surface area contributed by atoms with Gasteiger partial charge in [0.25, 0.3) is 0 Å². The average Bonchev–Trinajstić information content (AvgIpc) is 3.10. The second-order valence-electron chi connectivity index (χ2n) is 7.49. The number of nitrogens with zero attached hydrogens (tertiary/aromatic N) is 2. The fourth-order valence-electron chi connectivity index (χ4n) is 4.02. The molecule has 6 heteroatoms. The molecule has 2 fully saturated rings. The number of rotatable bonds is 4. The van der Waals surface area contributed by atoms with Crippen molar-refractivity contribution in [3.63, 3.8) is 0 Å². The first-order valence-electron chi connectivity index (χ1n) is 9.38. The molecule has 3 aliphatic rings. The minimum Gasteiger partial charge on any atom is -0.380 e. The first-order valence-corrected chi connectivity index (χ1v) is 9.38. The van der Waals surface area contributed by atoms with Crippen LogP contribution in [0.15, 0.2) is 12.1 Å². The summed E-state index contributed by atoms with van der Waals surface area (Å²) < 4.78 is 5.54. The Hall–Kier alpha value is -0.850. The predicted molar refractivity (Wildman–Crippen MR) is 105 cm³/mol. The molecule has 0 radical (unpaired) electrons. The summed E-state index contributed by atoms with van der Waals surface area (Å²) in [5.41, 5.74) is 5.79. The van der Waals surface area contributed by atoms with E-state index >= 15 is 0 Å². The predicted octanol–water partition coefficient (Wildman–Crippen LogP) is 1.70. The highest BCUT2D eigenvalue weighted by molar-refractivity contribution is 5.85. The maximum Gasteiger partial charge on any atom is 0.0668 e. The van der Waals surface area contributed by atoms with Crippen molar-refractivity contribution in [3.8, 4) is 0 Å². The summed E-state index contributed by atoms with van der Waals surface area (Å²) >= 11 is 0. The van der Waals surface area contributed by atoms with E-state index in [2.05, 4.69) is 39.6 Å². The van der Waals surface area contributed by atoms with Gasteiger partial charge in [-0.15, -0.1) is 12.4 Å². The smallest absolute Gasteiger partial charge is 0.0668 e. The molecule has 3 aliphatic heterocycles. The van der Waals surface area contributed by atoms with Crippen molar-refractivity contribution in [2.45, 2.75) is 32.0 Å². The minimum atomic E-state index is 0. The third-order valence-electron chi connectivity index (χ3n) is 5.57. The van der Waals surface area contributed by atoms with Crippen LogP contribution in [0.2, 0.25) is 0 Å². The summed E-state index contributed by atoms with van der Waals surface area (Å²) in [4.78, 5) is 5.01. The number of anilines is 1. The van der Waals surface area contributed by atoms with Gasteiger partial charge in [-0.05, 0) is 49.2 Å². The standard InChI is InChI=1S/C19H30N4O.ClH/c1-22-5-7-23(8-6-22)13-15-10-16-2-4-20-12-18(16)19(11-15)21-17-3-9-24-14-17;/h10-11,17,20-21H,2-9,12-14H2,1H3;1H. The van der Waals surface area contributed by atoms with Crippen LogP contribution in [0.1, 0.15) is 23.1 Å². The fraction of sp³-hybridized carbons (Fsp3) is 0.684. The maximum absolute atomic E-state index is 5.54. The van der Waals surface area contributed by atoms with Crippen molar-refractivity contribution < 1.29 is 4.74 Å². The molecule has 4 rings (SSSR count). The van der Waals surface area contributed by atoms with Gasteiger partial charge in [0.1, 0.15) is 0 Å². The maximum atomic E-state index is 5.54. The lowest BCUT2D eigenvalue weighted by Gasteiger charge is -2.33. The van der Waals surface area contributed by atoms with E-state index < -0.39 is 0 Å². The third-order valence-corrected chi connectivity index (χ3v) is 5.57. The molecular weight excluding hydrogens is 336 g/mol. The average molecular weight is 367 g/mol. The monoisotopic (exact) mass is 366 g/mol. The summed E-state index contributed by atoms with van der Waals surface area (Å²) in [6.07, 6.45) is 2.26.